The first kappa shape index (κ1) is 15.6. The summed E-state index contributed by atoms with van der Waals surface area (Å²) in [5.74, 6) is -0.513. The molecule has 1 heterocycles. The van der Waals surface area contributed by atoms with Crippen molar-refractivity contribution in [2.45, 2.75) is 6.92 Å². The second-order valence-electron chi connectivity index (χ2n) is 4.33. The Labute approximate surface area is 131 Å². The highest BCUT2D eigenvalue weighted by molar-refractivity contribution is 7.80. The van der Waals surface area contributed by atoms with Gasteiger partial charge in [-0.2, -0.15) is 0 Å². The van der Waals surface area contributed by atoms with Gasteiger partial charge in [0.25, 0.3) is 0 Å². The Morgan fingerprint density at radius 3 is 2.64 bits per heavy atom. The number of thiocarbonyl (C=S) groups is 1. The van der Waals surface area contributed by atoms with Crippen LogP contribution < -0.4 is 21.1 Å². The van der Waals surface area contributed by atoms with Crippen molar-refractivity contribution in [3.8, 4) is 11.5 Å². The Kier molecular flexibility index (Phi) is 4.52. The highest BCUT2D eigenvalue weighted by Gasteiger charge is 2.16. The molecule has 0 fully saturated rings. The zero-order valence-corrected chi connectivity index (χ0v) is 12.4. The van der Waals surface area contributed by atoms with E-state index in [1.807, 2.05) is 0 Å². The van der Waals surface area contributed by atoms with Crippen molar-refractivity contribution in [1.29, 1.82) is 0 Å². The van der Waals surface area contributed by atoms with Gasteiger partial charge in [0.1, 0.15) is 11.6 Å². The molecule has 0 saturated heterocycles. The van der Waals surface area contributed by atoms with E-state index in [-0.39, 0.29) is 22.4 Å². The molecular formula is C14H13FN4O2S. The molecule has 4 N–H and O–H groups in total. The smallest absolute Gasteiger partial charge is 0.230 e. The standard InChI is InChI=1S/C14H13FN4O2S/c1-8(20)19(14(17)22)9-2-3-12(11(15)6-9)21-10-4-5-18-13(16)7-10/h2-7H,1H3,(H2,16,18)(H2,17,22). The van der Waals surface area contributed by atoms with Gasteiger partial charge in [0.2, 0.25) is 5.91 Å². The fraction of sp³-hybridized carbons (Fsp3) is 0.0714. The Morgan fingerprint density at radius 1 is 1.36 bits per heavy atom. The quantitative estimate of drug-likeness (QED) is 0.842. The largest absolute Gasteiger partial charge is 0.454 e. The first-order chi connectivity index (χ1) is 10.4. The number of ether oxygens (including phenoxy) is 1. The Bertz CT molecular complexity index is 725. The number of carbonyl (C=O) groups excluding carboxylic acids is 1. The van der Waals surface area contributed by atoms with Crippen molar-refractivity contribution in [2.24, 2.45) is 5.73 Å². The molecule has 0 unspecified atom stereocenters. The predicted octanol–water partition coefficient (Wildman–Crippen LogP) is 2.19. The lowest BCUT2D eigenvalue weighted by Crippen LogP contribution is -2.39. The van der Waals surface area contributed by atoms with E-state index in [0.29, 0.717) is 5.75 Å². The fourth-order valence-corrected chi connectivity index (χ4v) is 2.03. The van der Waals surface area contributed by atoms with Gasteiger partial charge in [-0.05, 0) is 30.4 Å². The molecule has 0 bridgehead atoms. The number of nitrogens with zero attached hydrogens (tertiary/aromatic N) is 2. The normalized spacial score (nSPS) is 10.1. The highest BCUT2D eigenvalue weighted by Crippen LogP contribution is 2.28. The van der Waals surface area contributed by atoms with Gasteiger partial charge in [-0.25, -0.2) is 9.37 Å². The number of amides is 1. The molecule has 0 aliphatic rings. The summed E-state index contributed by atoms with van der Waals surface area (Å²) in [5.41, 5.74) is 11.2. The van der Waals surface area contributed by atoms with E-state index in [1.54, 1.807) is 6.07 Å². The fourth-order valence-electron chi connectivity index (χ4n) is 1.79. The molecule has 6 nitrogen and oxygen atoms in total. The number of nitrogen functional groups attached to an aromatic ring is 1. The third-order valence-electron chi connectivity index (χ3n) is 2.69. The van der Waals surface area contributed by atoms with Crippen LogP contribution in [0.15, 0.2) is 36.5 Å². The number of nitrogens with two attached hydrogens (primary N) is 2. The molecule has 1 aromatic carbocycles. The molecule has 0 aliphatic carbocycles. The van der Waals surface area contributed by atoms with Crippen LogP contribution in [0.5, 0.6) is 11.5 Å². The SMILES string of the molecule is CC(=O)N(C(N)=S)c1ccc(Oc2ccnc(N)c2)c(F)c1. The van der Waals surface area contributed by atoms with Crippen LogP contribution in [0.2, 0.25) is 0 Å². The van der Waals surface area contributed by atoms with Crippen LogP contribution in [0.4, 0.5) is 15.9 Å². The summed E-state index contributed by atoms with van der Waals surface area (Å²) in [5, 5.41) is -0.164. The molecule has 0 saturated carbocycles. The maximum atomic E-state index is 14.1. The van der Waals surface area contributed by atoms with E-state index in [9.17, 15) is 9.18 Å². The number of aromatic nitrogens is 1. The summed E-state index contributed by atoms with van der Waals surface area (Å²) < 4.78 is 19.5. The lowest BCUT2D eigenvalue weighted by Gasteiger charge is -2.19. The second-order valence-corrected chi connectivity index (χ2v) is 4.74. The van der Waals surface area contributed by atoms with Crippen LogP contribution in [0.1, 0.15) is 6.92 Å². The molecule has 1 amide bonds. The molecular weight excluding hydrogens is 307 g/mol. The predicted molar refractivity (Wildman–Crippen MR) is 85.1 cm³/mol. The van der Waals surface area contributed by atoms with Gasteiger partial charge >= 0.3 is 0 Å². The number of halogens is 1. The van der Waals surface area contributed by atoms with Crippen LogP contribution in [-0.2, 0) is 4.79 Å². The number of rotatable bonds is 3. The molecule has 2 rings (SSSR count). The van der Waals surface area contributed by atoms with Crippen molar-refractivity contribution in [3.63, 3.8) is 0 Å². The maximum Gasteiger partial charge on any atom is 0.230 e. The van der Waals surface area contributed by atoms with Crippen LogP contribution in [0, 0.1) is 5.82 Å². The maximum absolute atomic E-state index is 14.1. The molecule has 1 aromatic heterocycles. The molecule has 0 atom stereocenters. The summed E-state index contributed by atoms with van der Waals surface area (Å²) in [6.07, 6.45) is 1.45. The van der Waals surface area contributed by atoms with Crippen LogP contribution in [0.3, 0.4) is 0 Å². The van der Waals surface area contributed by atoms with Gasteiger partial charge in [-0.1, -0.05) is 0 Å². The zero-order valence-electron chi connectivity index (χ0n) is 11.6. The lowest BCUT2D eigenvalue weighted by atomic mass is 10.2. The first-order valence-corrected chi connectivity index (χ1v) is 6.58. The van der Waals surface area contributed by atoms with E-state index in [0.717, 1.165) is 11.0 Å². The van der Waals surface area contributed by atoms with Crippen molar-refractivity contribution >= 4 is 34.7 Å². The highest BCUT2D eigenvalue weighted by atomic mass is 32.1. The lowest BCUT2D eigenvalue weighted by molar-refractivity contribution is -0.115. The van der Waals surface area contributed by atoms with E-state index in [4.69, 9.17) is 28.4 Å². The summed E-state index contributed by atoms with van der Waals surface area (Å²) in [4.78, 5) is 16.3. The summed E-state index contributed by atoms with van der Waals surface area (Å²) in [7, 11) is 0. The molecule has 22 heavy (non-hydrogen) atoms. The average molecular weight is 320 g/mol. The molecule has 0 spiro atoms. The van der Waals surface area contributed by atoms with E-state index in [2.05, 4.69) is 4.98 Å². The molecule has 114 valence electrons. The topological polar surface area (TPSA) is 94.5 Å². The second kappa shape index (κ2) is 6.35. The number of hydrogen-bond acceptors (Lipinski definition) is 5. The monoisotopic (exact) mass is 320 g/mol. The van der Waals surface area contributed by atoms with Crippen molar-refractivity contribution < 1.29 is 13.9 Å². The third-order valence-corrected chi connectivity index (χ3v) is 2.87. The van der Waals surface area contributed by atoms with Gasteiger partial charge in [-0.3, -0.25) is 9.69 Å². The van der Waals surface area contributed by atoms with E-state index < -0.39 is 11.7 Å². The van der Waals surface area contributed by atoms with E-state index >= 15 is 0 Å². The minimum atomic E-state index is -0.671. The van der Waals surface area contributed by atoms with Gasteiger partial charge in [0, 0.05) is 25.3 Å². The Balaban J connectivity index is 2.30. The number of anilines is 2. The minimum Gasteiger partial charge on any atom is -0.454 e. The summed E-state index contributed by atoms with van der Waals surface area (Å²) in [6.45, 7) is 1.28. The van der Waals surface area contributed by atoms with Gasteiger partial charge in [-0.15, -0.1) is 0 Å². The Morgan fingerprint density at radius 2 is 2.09 bits per heavy atom. The minimum absolute atomic E-state index is 0.0270. The number of pyridine rings is 1. The molecule has 2 aromatic rings. The number of benzene rings is 1. The molecule has 0 aliphatic heterocycles. The van der Waals surface area contributed by atoms with E-state index in [1.165, 1.54) is 31.3 Å². The summed E-state index contributed by atoms with van der Waals surface area (Å²) in [6, 6.07) is 6.96. The first-order valence-electron chi connectivity index (χ1n) is 6.17. The van der Waals surface area contributed by atoms with Crippen molar-refractivity contribution in [3.05, 3.63) is 42.3 Å². The molecule has 0 radical (unpaired) electrons. The zero-order chi connectivity index (χ0) is 16.3. The number of carbonyl (C=O) groups is 1. The van der Waals surface area contributed by atoms with Gasteiger partial charge in [0.05, 0.1) is 5.69 Å². The van der Waals surface area contributed by atoms with Crippen LogP contribution >= 0.6 is 12.2 Å². The van der Waals surface area contributed by atoms with Crippen LogP contribution in [-0.4, -0.2) is 16.0 Å². The number of hydrogen-bond donors (Lipinski definition) is 2. The average Bonchev–Trinajstić information content (AvgIpc) is 2.41. The van der Waals surface area contributed by atoms with Crippen molar-refractivity contribution in [2.75, 3.05) is 10.6 Å². The molecule has 8 heteroatoms. The van der Waals surface area contributed by atoms with Crippen LogP contribution in [0.25, 0.3) is 0 Å². The summed E-state index contributed by atoms with van der Waals surface area (Å²) >= 11 is 4.78. The third kappa shape index (κ3) is 3.47. The van der Waals surface area contributed by atoms with Gasteiger partial charge in [0.15, 0.2) is 16.7 Å². The van der Waals surface area contributed by atoms with Gasteiger partial charge < -0.3 is 16.2 Å². The Hall–Kier alpha value is -2.74. The van der Waals surface area contributed by atoms with Crippen molar-refractivity contribution in [1.82, 2.24) is 4.98 Å².